The van der Waals surface area contributed by atoms with Gasteiger partial charge in [-0.3, -0.25) is 9.69 Å². The predicted molar refractivity (Wildman–Crippen MR) is 91.9 cm³/mol. The summed E-state index contributed by atoms with van der Waals surface area (Å²) in [5.41, 5.74) is 1.74. The molecule has 2 aromatic rings. The number of nitrogens with one attached hydrogen (secondary N) is 1. The van der Waals surface area contributed by atoms with Gasteiger partial charge in [-0.2, -0.15) is 11.3 Å². The number of rotatable bonds is 4. The summed E-state index contributed by atoms with van der Waals surface area (Å²) < 4.78 is 0. The third-order valence-corrected chi connectivity index (χ3v) is 5.02. The minimum Gasteiger partial charge on any atom is -0.354 e. The standard InChI is InChI=1S/C16H21N5OS/c1-12(13-5-10-23-11-13)20-6-8-21(9-7-20)15-4-3-14(18-19-15)16(22)17-2/h3-5,10-12H,6-9H2,1-2H3,(H,17,22). The van der Waals surface area contributed by atoms with Gasteiger partial charge in [-0.25, -0.2) is 0 Å². The van der Waals surface area contributed by atoms with Crippen molar-refractivity contribution in [3.8, 4) is 0 Å². The number of hydrogen-bond donors (Lipinski definition) is 1. The number of hydrogen-bond acceptors (Lipinski definition) is 6. The number of nitrogens with zero attached hydrogens (tertiary/aromatic N) is 4. The van der Waals surface area contributed by atoms with E-state index in [0.717, 1.165) is 32.0 Å². The van der Waals surface area contributed by atoms with Crippen LogP contribution in [0.1, 0.15) is 29.0 Å². The van der Waals surface area contributed by atoms with Crippen molar-refractivity contribution in [2.24, 2.45) is 0 Å². The summed E-state index contributed by atoms with van der Waals surface area (Å²) in [5, 5.41) is 15.1. The summed E-state index contributed by atoms with van der Waals surface area (Å²) in [7, 11) is 1.59. The number of piperazine rings is 1. The van der Waals surface area contributed by atoms with E-state index >= 15 is 0 Å². The van der Waals surface area contributed by atoms with E-state index in [1.807, 2.05) is 6.07 Å². The van der Waals surface area contributed by atoms with Crippen LogP contribution in [-0.4, -0.2) is 54.2 Å². The normalized spacial score (nSPS) is 17.0. The molecule has 1 N–H and O–H groups in total. The zero-order valence-corrected chi connectivity index (χ0v) is 14.2. The third-order valence-electron chi connectivity index (χ3n) is 4.32. The van der Waals surface area contributed by atoms with Crippen LogP contribution in [0.4, 0.5) is 5.82 Å². The SMILES string of the molecule is CNC(=O)c1ccc(N2CCN(C(C)c3ccsc3)CC2)nn1. The van der Waals surface area contributed by atoms with E-state index in [-0.39, 0.29) is 5.91 Å². The van der Waals surface area contributed by atoms with Crippen LogP contribution in [0, 0.1) is 0 Å². The lowest BCUT2D eigenvalue weighted by Crippen LogP contribution is -2.47. The first-order chi connectivity index (χ1) is 11.2. The van der Waals surface area contributed by atoms with Crippen molar-refractivity contribution in [3.05, 3.63) is 40.2 Å². The molecule has 0 spiro atoms. The van der Waals surface area contributed by atoms with Gasteiger partial charge in [0.25, 0.3) is 5.91 Å². The Morgan fingerprint density at radius 1 is 1.22 bits per heavy atom. The van der Waals surface area contributed by atoms with Crippen LogP contribution in [0.2, 0.25) is 0 Å². The second-order valence-electron chi connectivity index (χ2n) is 5.61. The highest BCUT2D eigenvalue weighted by Crippen LogP contribution is 2.24. The number of aromatic nitrogens is 2. The van der Waals surface area contributed by atoms with Gasteiger partial charge in [-0.05, 0) is 41.4 Å². The molecule has 0 radical (unpaired) electrons. The smallest absolute Gasteiger partial charge is 0.271 e. The molecule has 1 aliphatic heterocycles. The van der Waals surface area contributed by atoms with E-state index in [9.17, 15) is 4.79 Å². The molecule has 0 bridgehead atoms. The molecule has 3 heterocycles. The van der Waals surface area contributed by atoms with Crippen LogP contribution in [0.15, 0.2) is 29.0 Å². The minimum absolute atomic E-state index is 0.210. The molecule has 1 atom stereocenters. The molecule has 7 heteroatoms. The summed E-state index contributed by atoms with van der Waals surface area (Å²) in [5.74, 6) is 0.624. The van der Waals surface area contributed by atoms with Gasteiger partial charge in [0, 0.05) is 39.3 Å². The Hall–Kier alpha value is -1.99. The first-order valence-electron chi connectivity index (χ1n) is 7.76. The fraction of sp³-hybridized carbons (Fsp3) is 0.438. The van der Waals surface area contributed by atoms with Gasteiger partial charge in [0.15, 0.2) is 11.5 Å². The maximum absolute atomic E-state index is 11.5. The summed E-state index contributed by atoms with van der Waals surface area (Å²) >= 11 is 1.75. The molecule has 2 aromatic heterocycles. The quantitative estimate of drug-likeness (QED) is 0.925. The Labute approximate surface area is 140 Å². The van der Waals surface area contributed by atoms with Gasteiger partial charge >= 0.3 is 0 Å². The van der Waals surface area contributed by atoms with Crippen LogP contribution in [0.5, 0.6) is 0 Å². The van der Waals surface area contributed by atoms with Gasteiger partial charge < -0.3 is 10.2 Å². The maximum Gasteiger partial charge on any atom is 0.271 e. The van der Waals surface area contributed by atoms with Crippen molar-refractivity contribution in [1.82, 2.24) is 20.4 Å². The van der Waals surface area contributed by atoms with E-state index in [2.05, 4.69) is 49.1 Å². The Morgan fingerprint density at radius 3 is 2.57 bits per heavy atom. The van der Waals surface area contributed by atoms with E-state index in [0.29, 0.717) is 11.7 Å². The Morgan fingerprint density at radius 2 is 2.00 bits per heavy atom. The fourth-order valence-corrected chi connectivity index (χ4v) is 3.55. The van der Waals surface area contributed by atoms with Crippen LogP contribution in [-0.2, 0) is 0 Å². The van der Waals surface area contributed by atoms with Crippen molar-refractivity contribution in [2.75, 3.05) is 38.1 Å². The van der Waals surface area contributed by atoms with Crippen molar-refractivity contribution in [1.29, 1.82) is 0 Å². The summed E-state index contributed by atoms with van der Waals surface area (Å²) in [6, 6.07) is 6.24. The van der Waals surface area contributed by atoms with Crippen LogP contribution in [0.3, 0.4) is 0 Å². The van der Waals surface area contributed by atoms with Gasteiger partial charge in [0.05, 0.1) is 0 Å². The van der Waals surface area contributed by atoms with Crippen LogP contribution < -0.4 is 10.2 Å². The summed E-state index contributed by atoms with van der Waals surface area (Å²) in [6.07, 6.45) is 0. The maximum atomic E-state index is 11.5. The lowest BCUT2D eigenvalue weighted by atomic mass is 10.1. The highest BCUT2D eigenvalue weighted by Gasteiger charge is 2.23. The topological polar surface area (TPSA) is 61.4 Å². The molecule has 3 rings (SSSR count). The average molecular weight is 331 g/mol. The van der Waals surface area contributed by atoms with Crippen molar-refractivity contribution < 1.29 is 4.79 Å². The average Bonchev–Trinajstić information content (AvgIpc) is 3.15. The van der Waals surface area contributed by atoms with Crippen LogP contribution in [0.25, 0.3) is 0 Å². The van der Waals surface area contributed by atoms with E-state index < -0.39 is 0 Å². The van der Waals surface area contributed by atoms with Crippen molar-refractivity contribution >= 4 is 23.1 Å². The largest absolute Gasteiger partial charge is 0.354 e. The van der Waals surface area contributed by atoms with Crippen molar-refractivity contribution in [2.45, 2.75) is 13.0 Å². The predicted octanol–water partition coefficient (Wildman–Crippen LogP) is 1.78. The molecule has 1 saturated heterocycles. The number of thiophene rings is 1. The van der Waals surface area contributed by atoms with Gasteiger partial charge in [0.2, 0.25) is 0 Å². The highest BCUT2D eigenvalue weighted by atomic mass is 32.1. The lowest BCUT2D eigenvalue weighted by Gasteiger charge is -2.38. The zero-order chi connectivity index (χ0) is 16.2. The molecule has 0 aromatic carbocycles. The molecular formula is C16H21N5OS. The van der Waals surface area contributed by atoms with E-state index in [1.165, 1.54) is 5.56 Å². The number of amides is 1. The molecule has 1 fully saturated rings. The molecule has 1 aliphatic rings. The molecule has 0 aliphatic carbocycles. The third kappa shape index (κ3) is 3.51. The Bertz CT molecular complexity index is 635. The summed E-state index contributed by atoms with van der Waals surface area (Å²) in [4.78, 5) is 16.2. The number of carbonyl (C=O) groups excluding carboxylic acids is 1. The highest BCUT2D eigenvalue weighted by molar-refractivity contribution is 7.07. The molecule has 1 unspecified atom stereocenters. The van der Waals surface area contributed by atoms with Gasteiger partial charge in [-0.1, -0.05) is 0 Å². The number of carbonyl (C=O) groups is 1. The zero-order valence-electron chi connectivity index (χ0n) is 13.4. The Balaban J connectivity index is 1.59. The molecule has 23 heavy (non-hydrogen) atoms. The molecular weight excluding hydrogens is 310 g/mol. The molecule has 122 valence electrons. The van der Waals surface area contributed by atoms with E-state index in [4.69, 9.17) is 0 Å². The van der Waals surface area contributed by atoms with Crippen LogP contribution >= 0.6 is 11.3 Å². The molecule has 0 saturated carbocycles. The minimum atomic E-state index is -0.210. The first-order valence-corrected chi connectivity index (χ1v) is 8.70. The molecule has 6 nitrogen and oxygen atoms in total. The first kappa shape index (κ1) is 15.9. The monoisotopic (exact) mass is 331 g/mol. The Kier molecular flexibility index (Phi) is 4.88. The molecule has 1 amide bonds. The van der Waals surface area contributed by atoms with Gasteiger partial charge in [-0.15, -0.1) is 10.2 Å². The lowest BCUT2D eigenvalue weighted by molar-refractivity contribution is 0.0957. The second-order valence-corrected chi connectivity index (χ2v) is 6.39. The van der Waals surface area contributed by atoms with Gasteiger partial charge in [0.1, 0.15) is 0 Å². The second kappa shape index (κ2) is 7.06. The van der Waals surface area contributed by atoms with Crippen molar-refractivity contribution in [3.63, 3.8) is 0 Å². The number of anilines is 1. The summed E-state index contributed by atoms with van der Waals surface area (Å²) in [6.45, 7) is 6.09. The fourth-order valence-electron chi connectivity index (χ4n) is 2.80. The van der Waals surface area contributed by atoms with E-state index in [1.54, 1.807) is 24.5 Å².